The third kappa shape index (κ3) is 3.84. The largest absolute Gasteiger partial charge is 0.355 e. The summed E-state index contributed by atoms with van der Waals surface area (Å²) in [6.45, 7) is 0.748. The first kappa shape index (κ1) is 17.1. The fourth-order valence-electron chi connectivity index (χ4n) is 2.93. The van der Waals surface area contributed by atoms with Crippen LogP contribution in [0.1, 0.15) is 12.0 Å². The van der Waals surface area contributed by atoms with Gasteiger partial charge in [-0.1, -0.05) is 30.3 Å². The van der Waals surface area contributed by atoms with Crippen LogP contribution in [0.3, 0.4) is 0 Å². The number of nitrogens with one attached hydrogen (secondary N) is 1. The molecule has 2 aromatic carbocycles. The third-order valence-corrected chi connectivity index (χ3v) is 4.29. The van der Waals surface area contributed by atoms with E-state index in [0.29, 0.717) is 25.9 Å². The van der Waals surface area contributed by atoms with Crippen LogP contribution in [-0.2, 0) is 16.0 Å². The predicted octanol–water partition coefficient (Wildman–Crippen LogP) is 2.68. The minimum atomic E-state index is -1.01. The number of nitrogens with zero attached hydrogens (tertiary/aromatic N) is 1. The second-order valence-corrected chi connectivity index (χ2v) is 5.96. The van der Waals surface area contributed by atoms with E-state index in [0.717, 1.165) is 17.7 Å². The van der Waals surface area contributed by atoms with Crippen LogP contribution in [0, 0.1) is 17.6 Å². The standard InChI is InChI=1S/C19H18F2N2O2/c20-16-7-6-14(12-17(16)21)23-11-9-15(19(23)25)18(24)22-10-8-13-4-2-1-3-5-13/h1-7,12,15H,8-11H2,(H,22,24). The summed E-state index contributed by atoms with van der Waals surface area (Å²) >= 11 is 0. The van der Waals surface area contributed by atoms with Crippen molar-refractivity contribution >= 4 is 17.5 Å². The van der Waals surface area contributed by atoms with Gasteiger partial charge < -0.3 is 10.2 Å². The molecular formula is C19H18F2N2O2. The number of carbonyl (C=O) groups is 2. The van der Waals surface area contributed by atoms with Crippen LogP contribution in [0.2, 0.25) is 0 Å². The van der Waals surface area contributed by atoms with Crippen LogP contribution >= 0.6 is 0 Å². The molecule has 0 radical (unpaired) electrons. The lowest BCUT2D eigenvalue weighted by Crippen LogP contribution is -2.37. The normalized spacial score (nSPS) is 17.0. The lowest BCUT2D eigenvalue weighted by atomic mass is 10.1. The number of anilines is 1. The predicted molar refractivity (Wildman–Crippen MR) is 90.0 cm³/mol. The molecule has 1 heterocycles. The Bertz CT molecular complexity index is 780. The van der Waals surface area contributed by atoms with Crippen LogP contribution in [0.25, 0.3) is 0 Å². The Morgan fingerprint density at radius 2 is 1.88 bits per heavy atom. The molecule has 0 bridgehead atoms. The minimum absolute atomic E-state index is 0.267. The summed E-state index contributed by atoms with van der Waals surface area (Å²) in [6.07, 6.45) is 1.04. The summed E-state index contributed by atoms with van der Waals surface area (Å²) in [5.41, 5.74) is 1.37. The van der Waals surface area contributed by atoms with Crippen molar-refractivity contribution in [3.63, 3.8) is 0 Å². The van der Waals surface area contributed by atoms with Gasteiger partial charge in [-0.25, -0.2) is 8.78 Å². The molecule has 1 unspecified atom stereocenters. The van der Waals surface area contributed by atoms with Gasteiger partial charge >= 0.3 is 0 Å². The monoisotopic (exact) mass is 344 g/mol. The highest BCUT2D eigenvalue weighted by molar-refractivity contribution is 6.09. The van der Waals surface area contributed by atoms with E-state index in [-0.39, 0.29) is 17.5 Å². The molecule has 1 saturated heterocycles. The Kier molecular flexibility index (Phi) is 5.07. The van der Waals surface area contributed by atoms with E-state index in [2.05, 4.69) is 5.32 Å². The van der Waals surface area contributed by atoms with E-state index in [1.165, 1.54) is 11.0 Å². The van der Waals surface area contributed by atoms with Gasteiger partial charge in [-0.05, 0) is 30.5 Å². The van der Waals surface area contributed by atoms with Crippen LogP contribution < -0.4 is 10.2 Å². The molecule has 1 fully saturated rings. The molecule has 6 heteroatoms. The van der Waals surface area contributed by atoms with E-state index in [1.54, 1.807) is 0 Å². The molecule has 3 rings (SSSR count). The summed E-state index contributed by atoms with van der Waals surface area (Å²) in [6, 6.07) is 13.0. The number of benzene rings is 2. The van der Waals surface area contributed by atoms with Crippen LogP contribution in [0.15, 0.2) is 48.5 Å². The van der Waals surface area contributed by atoms with Crippen molar-refractivity contribution < 1.29 is 18.4 Å². The zero-order valence-corrected chi connectivity index (χ0v) is 13.5. The highest BCUT2D eigenvalue weighted by atomic mass is 19.2. The van der Waals surface area contributed by atoms with Gasteiger partial charge in [-0.15, -0.1) is 0 Å². The number of halogens is 2. The number of hydrogen-bond donors (Lipinski definition) is 1. The molecule has 0 aliphatic carbocycles. The highest BCUT2D eigenvalue weighted by Crippen LogP contribution is 2.26. The van der Waals surface area contributed by atoms with E-state index in [4.69, 9.17) is 0 Å². The summed E-state index contributed by atoms with van der Waals surface area (Å²) in [5.74, 6) is -3.48. The van der Waals surface area contributed by atoms with Crippen LogP contribution in [0.5, 0.6) is 0 Å². The number of hydrogen-bond acceptors (Lipinski definition) is 2. The lowest BCUT2D eigenvalue weighted by Gasteiger charge is -2.17. The van der Waals surface area contributed by atoms with E-state index < -0.39 is 17.6 Å². The first-order chi connectivity index (χ1) is 12.1. The summed E-state index contributed by atoms with van der Waals surface area (Å²) in [4.78, 5) is 26.0. The summed E-state index contributed by atoms with van der Waals surface area (Å²) in [5, 5.41) is 2.78. The van der Waals surface area contributed by atoms with Crippen molar-refractivity contribution in [3.05, 3.63) is 65.7 Å². The fraction of sp³-hybridized carbons (Fsp3) is 0.263. The Balaban J connectivity index is 1.57. The van der Waals surface area contributed by atoms with Gasteiger partial charge in [0.15, 0.2) is 11.6 Å². The van der Waals surface area contributed by atoms with Crippen molar-refractivity contribution in [3.8, 4) is 0 Å². The van der Waals surface area contributed by atoms with Crippen molar-refractivity contribution in [2.24, 2.45) is 5.92 Å². The molecule has 1 N–H and O–H groups in total. The number of rotatable bonds is 5. The summed E-state index contributed by atoms with van der Waals surface area (Å²) in [7, 11) is 0. The Morgan fingerprint density at radius 3 is 2.60 bits per heavy atom. The Morgan fingerprint density at radius 1 is 1.12 bits per heavy atom. The molecule has 4 nitrogen and oxygen atoms in total. The van der Waals surface area contributed by atoms with Gasteiger partial charge in [0.05, 0.1) is 0 Å². The van der Waals surface area contributed by atoms with Gasteiger partial charge in [-0.2, -0.15) is 0 Å². The molecular weight excluding hydrogens is 326 g/mol. The maximum absolute atomic E-state index is 13.4. The second kappa shape index (κ2) is 7.42. The van der Waals surface area contributed by atoms with Crippen molar-refractivity contribution in [2.75, 3.05) is 18.0 Å². The van der Waals surface area contributed by atoms with Gasteiger partial charge in [0.1, 0.15) is 5.92 Å². The maximum atomic E-state index is 13.4. The van der Waals surface area contributed by atoms with Crippen molar-refractivity contribution in [2.45, 2.75) is 12.8 Å². The van der Waals surface area contributed by atoms with Gasteiger partial charge in [0, 0.05) is 24.8 Å². The quantitative estimate of drug-likeness (QED) is 0.848. The maximum Gasteiger partial charge on any atom is 0.239 e. The van der Waals surface area contributed by atoms with Crippen molar-refractivity contribution in [1.82, 2.24) is 5.32 Å². The molecule has 0 saturated carbocycles. The average molecular weight is 344 g/mol. The minimum Gasteiger partial charge on any atom is -0.355 e. The first-order valence-electron chi connectivity index (χ1n) is 8.14. The molecule has 0 spiro atoms. The van der Waals surface area contributed by atoms with Crippen molar-refractivity contribution in [1.29, 1.82) is 0 Å². The van der Waals surface area contributed by atoms with E-state index in [1.807, 2.05) is 30.3 Å². The van der Waals surface area contributed by atoms with Gasteiger partial charge in [-0.3, -0.25) is 9.59 Å². The SMILES string of the molecule is O=C(NCCc1ccccc1)C1CCN(c2ccc(F)c(F)c2)C1=O. The zero-order valence-electron chi connectivity index (χ0n) is 13.5. The Hall–Kier alpha value is -2.76. The van der Waals surface area contributed by atoms with Crippen LogP contribution in [-0.4, -0.2) is 24.9 Å². The highest BCUT2D eigenvalue weighted by Gasteiger charge is 2.37. The molecule has 0 aromatic heterocycles. The third-order valence-electron chi connectivity index (χ3n) is 4.29. The van der Waals surface area contributed by atoms with Gasteiger partial charge in [0.2, 0.25) is 11.8 Å². The molecule has 2 amide bonds. The van der Waals surface area contributed by atoms with Gasteiger partial charge in [0.25, 0.3) is 0 Å². The molecule has 1 atom stereocenters. The second-order valence-electron chi connectivity index (χ2n) is 5.96. The first-order valence-corrected chi connectivity index (χ1v) is 8.14. The van der Waals surface area contributed by atoms with E-state index >= 15 is 0 Å². The molecule has 130 valence electrons. The van der Waals surface area contributed by atoms with E-state index in [9.17, 15) is 18.4 Å². The average Bonchev–Trinajstić information content (AvgIpc) is 3.00. The molecule has 2 aromatic rings. The number of amides is 2. The molecule has 1 aliphatic heterocycles. The zero-order chi connectivity index (χ0) is 17.8. The summed E-state index contributed by atoms with van der Waals surface area (Å²) < 4.78 is 26.4. The Labute approximate surface area is 144 Å². The smallest absolute Gasteiger partial charge is 0.239 e. The van der Waals surface area contributed by atoms with Crippen LogP contribution in [0.4, 0.5) is 14.5 Å². The lowest BCUT2D eigenvalue weighted by molar-refractivity contribution is -0.132. The number of carbonyl (C=O) groups excluding carboxylic acids is 2. The molecule has 1 aliphatic rings. The topological polar surface area (TPSA) is 49.4 Å². The fourth-order valence-corrected chi connectivity index (χ4v) is 2.93. The molecule has 25 heavy (non-hydrogen) atoms.